The van der Waals surface area contributed by atoms with Crippen molar-refractivity contribution in [2.45, 2.75) is 38.7 Å². The van der Waals surface area contributed by atoms with E-state index in [1.165, 1.54) is 6.20 Å². The van der Waals surface area contributed by atoms with Crippen LogP contribution in [0, 0.1) is 0 Å². The van der Waals surface area contributed by atoms with E-state index in [1.807, 2.05) is 13.8 Å². The second-order valence-electron chi connectivity index (χ2n) is 6.21. The number of nitrogens with zero attached hydrogens (tertiary/aromatic N) is 5. The molecule has 0 radical (unpaired) electrons. The van der Waals surface area contributed by atoms with Gasteiger partial charge in [-0.2, -0.15) is 0 Å². The van der Waals surface area contributed by atoms with Crippen LogP contribution in [-0.2, 0) is 16.0 Å². The summed E-state index contributed by atoms with van der Waals surface area (Å²) in [4.78, 5) is 22.5. The molecule has 1 fully saturated rings. The molecule has 0 bridgehead atoms. The van der Waals surface area contributed by atoms with E-state index in [4.69, 9.17) is 14.9 Å². The number of aromatic nitrogens is 4. The highest BCUT2D eigenvalue weighted by molar-refractivity contribution is 5.76. The number of carbonyl (C=O) groups excluding carboxylic acids is 1. The van der Waals surface area contributed by atoms with Gasteiger partial charge in [-0.1, -0.05) is 13.8 Å². The first-order valence-corrected chi connectivity index (χ1v) is 8.32. The first-order valence-electron chi connectivity index (χ1n) is 8.32. The minimum absolute atomic E-state index is 0.0139. The van der Waals surface area contributed by atoms with E-state index in [0.29, 0.717) is 55.8 Å². The highest BCUT2D eigenvalue weighted by Gasteiger charge is 2.28. The van der Waals surface area contributed by atoms with E-state index < -0.39 is 0 Å². The lowest BCUT2D eigenvalue weighted by Gasteiger charge is -2.32. The number of nitrogen functional groups attached to an aromatic ring is 1. The Kier molecular flexibility index (Phi) is 5.22. The van der Waals surface area contributed by atoms with Gasteiger partial charge in [0.1, 0.15) is 17.6 Å². The maximum Gasteiger partial charge on any atom is 0.223 e. The van der Waals surface area contributed by atoms with Crippen LogP contribution in [0.1, 0.15) is 49.8 Å². The quantitative estimate of drug-likeness (QED) is 0.854. The Bertz CT molecular complexity index is 732. The first kappa shape index (κ1) is 17.3. The summed E-state index contributed by atoms with van der Waals surface area (Å²) in [6.45, 7) is 5.34. The number of morpholine rings is 1. The van der Waals surface area contributed by atoms with Gasteiger partial charge in [-0.3, -0.25) is 9.78 Å². The molecule has 1 aliphatic rings. The van der Waals surface area contributed by atoms with Crippen LogP contribution in [0.15, 0.2) is 16.8 Å². The Labute approximate surface area is 145 Å². The van der Waals surface area contributed by atoms with Gasteiger partial charge in [0.25, 0.3) is 0 Å². The number of rotatable bonds is 5. The summed E-state index contributed by atoms with van der Waals surface area (Å²) in [5.74, 6) is 1.59. The number of anilines is 1. The van der Waals surface area contributed by atoms with Gasteiger partial charge >= 0.3 is 0 Å². The Morgan fingerprint density at radius 2 is 2.16 bits per heavy atom. The number of amides is 1. The molecule has 1 saturated heterocycles. The van der Waals surface area contributed by atoms with Gasteiger partial charge in [0, 0.05) is 37.7 Å². The molecule has 1 aliphatic heterocycles. The lowest BCUT2D eigenvalue weighted by molar-refractivity contribution is -0.139. The predicted molar refractivity (Wildman–Crippen MR) is 88.4 cm³/mol. The van der Waals surface area contributed by atoms with Crippen LogP contribution < -0.4 is 5.73 Å². The van der Waals surface area contributed by atoms with Gasteiger partial charge < -0.3 is 19.8 Å². The highest BCUT2D eigenvalue weighted by atomic mass is 16.5. The molecule has 2 N–H and O–H groups in total. The van der Waals surface area contributed by atoms with Crippen LogP contribution in [0.4, 0.5) is 5.82 Å². The van der Waals surface area contributed by atoms with E-state index in [9.17, 15) is 4.79 Å². The molecule has 2 aromatic heterocycles. The van der Waals surface area contributed by atoms with Crippen molar-refractivity contribution < 1.29 is 13.9 Å². The van der Waals surface area contributed by atoms with Crippen LogP contribution in [0.25, 0.3) is 0 Å². The molecule has 0 aliphatic carbocycles. The van der Waals surface area contributed by atoms with E-state index in [2.05, 4.69) is 20.2 Å². The van der Waals surface area contributed by atoms with Gasteiger partial charge in [0.15, 0.2) is 0 Å². The molecule has 1 unspecified atom stereocenters. The van der Waals surface area contributed by atoms with Crippen LogP contribution in [0.3, 0.4) is 0 Å². The van der Waals surface area contributed by atoms with E-state index in [0.717, 1.165) is 0 Å². The summed E-state index contributed by atoms with van der Waals surface area (Å²) in [6.07, 6.45) is 3.47. The van der Waals surface area contributed by atoms with E-state index >= 15 is 0 Å². The van der Waals surface area contributed by atoms with Gasteiger partial charge in [-0.15, -0.1) is 10.2 Å². The molecule has 0 aromatic carbocycles. The normalized spacial score (nSPS) is 17.9. The smallest absolute Gasteiger partial charge is 0.223 e. The van der Waals surface area contributed by atoms with Gasteiger partial charge in [0.05, 0.1) is 13.2 Å². The number of hydrogen-bond acceptors (Lipinski definition) is 8. The number of hydrogen-bond donors (Lipinski definition) is 1. The summed E-state index contributed by atoms with van der Waals surface area (Å²) in [5, 5.41) is 7.96. The molecule has 134 valence electrons. The second kappa shape index (κ2) is 7.56. The average Bonchev–Trinajstić information content (AvgIpc) is 3.09. The average molecular weight is 346 g/mol. The van der Waals surface area contributed by atoms with Crippen molar-refractivity contribution in [1.29, 1.82) is 0 Å². The maximum atomic E-state index is 12.5. The summed E-state index contributed by atoms with van der Waals surface area (Å²) >= 11 is 0. The predicted octanol–water partition coefficient (Wildman–Crippen LogP) is 1.10. The number of nitrogens with two attached hydrogens (primary N) is 1. The topological polar surface area (TPSA) is 120 Å². The van der Waals surface area contributed by atoms with Crippen LogP contribution in [0.2, 0.25) is 0 Å². The summed E-state index contributed by atoms with van der Waals surface area (Å²) in [5.41, 5.74) is 6.42. The van der Waals surface area contributed by atoms with Crippen molar-refractivity contribution in [2.24, 2.45) is 0 Å². The van der Waals surface area contributed by atoms with Gasteiger partial charge in [-0.25, -0.2) is 4.98 Å². The SMILES string of the molecule is CC(C)c1nnc(CCC(=O)N2CCOC(c3nccnc3N)C2)o1. The summed E-state index contributed by atoms with van der Waals surface area (Å²) in [6, 6.07) is 0. The zero-order chi connectivity index (χ0) is 17.8. The van der Waals surface area contributed by atoms with Crippen molar-refractivity contribution in [3.63, 3.8) is 0 Å². The third-order valence-electron chi connectivity index (χ3n) is 4.01. The standard InChI is InChI=1S/C16H22N6O3/c1-10(2)16-21-20-12(25-16)3-4-13(23)22-7-8-24-11(9-22)14-15(17)19-6-5-18-14/h5-6,10-11H,3-4,7-9H2,1-2H3,(H2,17,19). The lowest BCUT2D eigenvalue weighted by atomic mass is 10.1. The zero-order valence-electron chi connectivity index (χ0n) is 14.4. The molecule has 1 amide bonds. The van der Waals surface area contributed by atoms with Crippen molar-refractivity contribution in [1.82, 2.24) is 25.1 Å². The molecular formula is C16H22N6O3. The third kappa shape index (κ3) is 4.11. The largest absolute Gasteiger partial charge is 0.425 e. The van der Waals surface area contributed by atoms with E-state index in [-0.39, 0.29) is 17.9 Å². The molecule has 1 atom stereocenters. The molecule has 0 spiro atoms. The molecular weight excluding hydrogens is 324 g/mol. The number of aryl methyl sites for hydroxylation is 1. The molecule has 9 nitrogen and oxygen atoms in total. The van der Waals surface area contributed by atoms with Crippen molar-refractivity contribution in [3.8, 4) is 0 Å². The highest BCUT2D eigenvalue weighted by Crippen LogP contribution is 2.24. The van der Waals surface area contributed by atoms with Gasteiger partial charge in [-0.05, 0) is 0 Å². The van der Waals surface area contributed by atoms with Crippen molar-refractivity contribution in [2.75, 3.05) is 25.4 Å². The number of carbonyl (C=O) groups is 1. The second-order valence-corrected chi connectivity index (χ2v) is 6.21. The molecule has 3 heterocycles. The minimum atomic E-state index is -0.359. The number of ether oxygens (including phenoxy) is 1. The van der Waals surface area contributed by atoms with Crippen LogP contribution in [-0.4, -0.2) is 50.7 Å². The van der Waals surface area contributed by atoms with E-state index in [1.54, 1.807) is 11.1 Å². The Morgan fingerprint density at radius 3 is 2.88 bits per heavy atom. The first-order chi connectivity index (χ1) is 12.0. The fourth-order valence-corrected chi connectivity index (χ4v) is 2.62. The third-order valence-corrected chi connectivity index (χ3v) is 4.01. The van der Waals surface area contributed by atoms with Crippen LogP contribution in [0.5, 0.6) is 0 Å². The molecule has 25 heavy (non-hydrogen) atoms. The Morgan fingerprint density at radius 1 is 1.36 bits per heavy atom. The zero-order valence-corrected chi connectivity index (χ0v) is 14.4. The lowest BCUT2D eigenvalue weighted by Crippen LogP contribution is -2.42. The fraction of sp³-hybridized carbons (Fsp3) is 0.562. The molecule has 0 saturated carbocycles. The van der Waals surface area contributed by atoms with Crippen LogP contribution >= 0.6 is 0 Å². The minimum Gasteiger partial charge on any atom is -0.425 e. The summed E-state index contributed by atoms with van der Waals surface area (Å²) < 4.78 is 11.2. The molecule has 2 aromatic rings. The molecule has 3 rings (SSSR count). The van der Waals surface area contributed by atoms with Crippen molar-refractivity contribution in [3.05, 3.63) is 29.9 Å². The summed E-state index contributed by atoms with van der Waals surface area (Å²) in [7, 11) is 0. The monoisotopic (exact) mass is 346 g/mol. The van der Waals surface area contributed by atoms with Gasteiger partial charge in [0.2, 0.25) is 17.7 Å². The fourth-order valence-electron chi connectivity index (χ4n) is 2.62. The maximum absolute atomic E-state index is 12.5. The Hall–Kier alpha value is -2.55. The molecule has 9 heteroatoms. The van der Waals surface area contributed by atoms with Crippen molar-refractivity contribution >= 4 is 11.7 Å². The Balaban J connectivity index is 1.57.